The highest BCUT2D eigenvalue weighted by atomic mass is 127. The Bertz CT molecular complexity index is 340. The monoisotopic (exact) mass is 316 g/mol. The first-order valence-electron chi connectivity index (χ1n) is 3.76. The molecule has 0 fully saturated rings. The van der Waals surface area contributed by atoms with Crippen LogP contribution < -0.4 is 0 Å². The van der Waals surface area contributed by atoms with Crippen LogP contribution >= 0.6 is 22.6 Å². The van der Waals surface area contributed by atoms with Crippen LogP contribution in [0.25, 0.3) is 0 Å². The Labute approximate surface area is 92.4 Å². The van der Waals surface area contributed by atoms with Crippen LogP contribution in [0.1, 0.15) is 24.0 Å². The average Bonchev–Trinajstić information content (AvgIpc) is 2.47. The van der Waals surface area contributed by atoms with Crippen LogP contribution in [0, 0.1) is 3.57 Å². The normalized spacial score (nSPS) is 10.6. The molecule has 0 bridgehead atoms. The minimum absolute atomic E-state index is 0.142. The summed E-state index contributed by atoms with van der Waals surface area (Å²) in [5.74, 6) is -0.783. The molecule has 0 aromatic carbocycles. The second kappa shape index (κ2) is 4.67. The summed E-state index contributed by atoms with van der Waals surface area (Å²) >= 11 is 1.75. The highest BCUT2D eigenvalue weighted by molar-refractivity contribution is 14.1. The number of rotatable bonds is 3. The minimum Gasteiger partial charge on any atom is -0.461 e. The standard InChI is InChI=1S/C7H7F2IN2O2/c1-2-14-6(13)5-4(10)3-11-12(5)7(8)9/h3,7H,2H2,1H3. The summed E-state index contributed by atoms with van der Waals surface area (Å²) in [6.45, 7) is -1.09. The fourth-order valence-corrected chi connectivity index (χ4v) is 1.47. The third kappa shape index (κ3) is 2.20. The SMILES string of the molecule is CCOC(=O)c1c(I)cnn1C(F)F. The van der Waals surface area contributed by atoms with Crippen LogP contribution in [0.3, 0.4) is 0 Å². The first-order chi connectivity index (χ1) is 6.57. The Hall–Kier alpha value is -0.730. The van der Waals surface area contributed by atoms with E-state index >= 15 is 0 Å². The molecule has 78 valence electrons. The molecule has 4 nitrogen and oxygen atoms in total. The summed E-state index contributed by atoms with van der Waals surface area (Å²) in [7, 11) is 0. The number of esters is 1. The molecule has 0 amide bonds. The molecular formula is C7H7F2IN2O2. The lowest BCUT2D eigenvalue weighted by atomic mass is 10.4. The maximum atomic E-state index is 12.3. The molecule has 1 rings (SSSR count). The summed E-state index contributed by atoms with van der Waals surface area (Å²) in [6.07, 6.45) is 1.19. The van der Waals surface area contributed by atoms with E-state index < -0.39 is 12.5 Å². The Morgan fingerprint density at radius 3 is 2.93 bits per heavy atom. The third-order valence-corrected chi connectivity index (χ3v) is 2.19. The number of halogens is 3. The van der Waals surface area contributed by atoms with E-state index in [4.69, 9.17) is 0 Å². The number of nitrogens with zero attached hydrogens (tertiary/aromatic N) is 2. The molecule has 0 aliphatic rings. The van der Waals surface area contributed by atoms with Crippen LogP contribution in [-0.2, 0) is 4.74 Å². The largest absolute Gasteiger partial charge is 0.461 e. The number of aromatic nitrogens is 2. The summed E-state index contributed by atoms with van der Waals surface area (Å²) < 4.78 is 30.0. The zero-order valence-electron chi connectivity index (χ0n) is 7.21. The predicted octanol–water partition coefficient (Wildman–Crippen LogP) is 2.06. The quantitative estimate of drug-likeness (QED) is 0.633. The molecule has 0 radical (unpaired) electrons. The van der Waals surface area contributed by atoms with Gasteiger partial charge in [-0.2, -0.15) is 18.6 Å². The molecule has 0 saturated carbocycles. The zero-order valence-corrected chi connectivity index (χ0v) is 9.36. The molecule has 0 saturated heterocycles. The highest BCUT2D eigenvalue weighted by Gasteiger charge is 2.22. The van der Waals surface area contributed by atoms with Gasteiger partial charge < -0.3 is 4.74 Å². The first-order valence-corrected chi connectivity index (χ1v) is 4.84. The summed E-state index contributed by atoms with van der Waals surface area (Å²) in [5.41, 5.74) is -0.206. The van der Waals surface area contributed by atoms with Gasteiger partial charge in [0.05, 0.1) is 16.4 Å². The Kier molecular flexibility index (Phi) is 3.78. The van der Waals surface area contributed by atoms with Crippen molar-refractivity contribution in [3.63, 3.8) is 0 Å². The number of carbonyl (C=O) groups is 1. The van der Waals surface area contributed by atoms with Crippen molar-refractivity contribution in [2.24, 2.45) is 0 Å². The number of ether oxygens (including phenoxy) is 1. The maximum absolute atomic E-state index is 12.3. The first kappa shape index (κ1) is 11.3. The van der Waals surface area contributed by atoms with Gasteiger partial charge in [-0.1, -0.05) is 0 Å². The van der Waals surface area contributed by atoms with E-state index in [0.717, 1.165) is 0 Å². The fourth-order valence-electron chi connectivity index (χ4n) is 0.880. The number of hydrogen-bond donors (Lipinski definition) is 0. The van der Waals surface area contributed by atoms with Crippen molar-refractivity contribution in [3.05, 3.63) is 15.5 Å². The Morgan fingerprint density at radius 2 is 2.43 bits per heavy atom. The van der Waals surface area contributed by atoms with E-state index in [-0.39, 0.29) is 12.3 Å². The average molecular weight is 316 g/mol. The molecule has 0 N–H and O–H groups in total. The van der Waals surface area contributed by atoms with Crippen molar-refractivity contribution < 1.29 is 18.3 Å². The van der Waals surface area contributed by atoms with E-state index in [1.165, 1.54) is 6.20 Å². The van der Waals surface area contributed by atoms with E-state index in [1.54, 1.807) is 29.5 Å². The third-order valence-electron chi connectivity index (χ3n) is 1.40. The molecule has 14 heavy (non-hydrogen) atoms. The van der Waals surface area contributed by atoms with E-state index in [1.807, 2.05) is 0 Å². The molecule has 1 aromatic rings. The van der Waals surface area contributed by atoms with Gasteiger partial charge in [0, 0.05) is 0 Å². The lowest BCUT2D eigenvalue weighted by Crippen LogP contribution is -2.15. The smallest absolute Gasteiger partial charge is 0.357 e. The fraction of sp³-hybridized carbons (Fsp3) is 0.429. The van der Waals surface area contributed by atoms with Crippen molar-refractivity contribution in [1.82, 2.24) is 9.78 Å². The summed E-state index contributed by atoms with van der Waals surface area (Å²) in [4.78, 5) is 11.2. The number of alkyl halides is 2. The van der Waals surface area contributed by atoms with Gasteiger partial charge in [0.1, 0.15) is 0 Å². The second-order valence-electron chi connectivity index (χ2n) is 2.28. The van der Waals surface area contributed by atoms with E-state index in [0.29, 0.717) is 8.25 Å². The van der Waals surface area contributed by atoms with Gasteiger partial charge in [0.15, 0.2) is 5.69 Å². The molecule has 1 heterocycles. The molecule has 0 spiro atoms. The van der Waals surface area contributed by atoms with Gasteiger partial charge in [-0.3, -0.25) is 0 Å². The molecule has 0 unspecified atom stereocenters. The van der Waals surface area contributed by atoms with Crippen molar-refractivity contribution in [2.75, 3.05) is 6.61 Å². The lowest BCUT2D eigenvalue weighted by Gasteiger charge is -2.05. The number of hydrogen-bond acceptors (Lipinski definition) is 3. The van der Waals surface area contributed by atoms with Crippen LogP contribution in [0.5, 0.6) is 0 Å². The topological polar surface area (TPSA) is 44.1 Å². The Balaban J connectivity index is 3.04. The second-order valence-corrected chi connectivity index (χ2v) is 3.45. The zero-order chi connectivity index (χ0) is 10.7. The van der Waals surface area contributed by atoms with Crippen molar-refractivity contribution in [3.8, 4) is 0 Å². The summed E-state index contributed by atoms with van der Waals surface area (Å²) in [6, 6.07) is 0. The van der Waals surface area contributed by atoms with Crippen LogP contribution in [0.15, 0.2) is 6.20 Å². The van der Waals surface area contributed by atoms with E-state index in [2.05, 4.69) is 9.84 Å². The number of carbonyl (C=O) groups excluding carboxylic acids is 1. The van der Waals surface area contributed by atoms with Crippen molar-refractivity contribution in [1.29, 1.82) is 0 Å². The lowest BCUT2D eigenvalue weighted by molar-refractivity contribution is 0.0355. The van der Waals surface area contributed by atoms with Gasteiger partial charge >= 0.3 is 12.5 Å². The van der Waals surface area contributed by atoms with Gasteiger partial charge in [0.2, 0.25) is 0 Å². The molecule has 0 aliphatic carbocycles. The van der Waals surface area contributed by atoms with E-state index in [9.17, 15) is 13.6 Å². The maximum Gasteiger partial charge on any atom is 0.357 e. The van der Waals surface area contributed by atoms with Crippen molar-refractivity contribution in [2.45, 2.75) is 13.5 Å². The molecular weight excluding hydrogens is 309 g/mol. The van der Waals surface area contributed by atoms with Crippen molar-refractivity contribution >= 4 is 28.6 Å². The van der Waals surface area contributed by atoms with Crippen LogP contribution in [0.4, 0.5) is 8.78 Å². The van der Waals surface area contributed by atoms with Gasteiger partial charge in [0.25, 0.3) is 0 Å². The molecule has 1 aromatic heterocycles. The van der Waals surface area contributed by atoms with Gasteiger partial charge in [-0.05, 0) is 29.5 Å². The highest BCUT2D eigenvalue weighted by Crippen LogP contribution is 2.18. The molecule has 0 aliphatic heterocycles. The van der Waals surface area contributed by atoms with Gasteiger partial charge in [-0.15, -0.1) is 0 Å². The Morgan fingerprint density at radius 1 is 1.79 bits per heavy atom. The predicted molar refractivity (Wildman–Crippen MR) is 52.2 cm³/mol. The minimum atomic E-state index is -2.84. The van der Waals surface area contributed by atoms with Gasteiger partial charge in [-0.25, -0.2) is 4.79 Å². The van der Waals surface area contributed by atoms with Crippen LogP contribution in [0.2, 0.25) is 0 Å². The molecule has 0 atom stereocenters. The summed E-state index contributed by atoms with van der Waals surface area (Å²) in [5, 5.41) is 3.38. The van der Waals surface area contributed by atoms with Crippen LogP contribution in [-0.4, -0.2) is 22.4 Å². The molecule has 7 heteroatoms.